The van der Waals surface area contributed by atoms with Gasteiger partial charge >= 0.3 is 5.63 Å². The zero-order valence-corrected chi connectivity index (χ0v) is 11.9. The molecule has 0 unspecified atom stereocenters. The number of halogens is 1. The largest absolute Gasteiger partial charge is 0.487 e. The SMILES string of the molecule is O=c1ccc2cc(OC/C(=N\O)c3ccc(F)cc3)ccc2o1. The Hall–Kier alpha value is -3.15. The summed E-state index contributed by atoms with van der Waals surface area (Å²) in [5, 5.41) is 13.0. The van der Waals surface area contributed by atoms with Gasteiger partial charge in [-0.05, 0) is 48.5 Å². The lowest BCUT2D eigenvalue weighted by Crippen LogP contribution is -2.13. The van der Waals surface area contributed by atoms with Crippen LogP contribution in [-0.2, 0) is 0 Å². The number of fused-ring (bicyclic) bond motifs is 1. The Labute approximate surface area is 130 Å². The van der Waals surface area contributed by atoms with Crippen LogP contribution in [0.15, 0.2) is 69.0 Å². The molecule has 0 bridgehead atoms. The normalized spacial score (nSPS) is 11.6. The summed E-state index contributed by atoms with van der Waals surface area (Å²) in [6.07, 6.45) is 0. The molecular formula is C17H12FNO4. The number of nitrogens with zero attached hydrogens (tertiary/aromatic N) is 1. The average Bonchev–Trinajstić information content (AvgIpc) is 2.57. The third-order valence-electron chi connectivity index (χ3n) is 3.26. The third kappa shape index (κ3) is 3.37. The van der Waals surface area contributed by atoms with Gasteiger partial charge in [0.15, 0.2) is 0 Å². The van der Waals surface area contributed by atoms with Crippen molar-refractivity contribution >= 4 is 16.7 Å². The van der Waals surface area contributed by atoms with E-state index in [0.29, 0.717) is 22.3 Å². The van der Waals surface area contributed by atoms with Gasteiger partial charge in [-0.2, -0.15) is 0 Å². The van der Waals surface area contributed by atoms with Gasteiger partial charge in [0.2, 0.25) is 0 Å². The monoisotopic (exact) mass is 313 g/mol. The van der Waals surface area contributed by atoms with Gasteiger partial charge in [-0.25, -0.2) is 9.18 Å². The van der Waals surface area contributed by atoms with E-state index in [1.165, 1.54) is 30.3 Å². The van der Waals surface area contributed by atoms with E-state index in [9.17, 15) is 9.18 Å². The Kier molecular flexibility index (Phi) is 4.05. The molecule has 3 aromatic rings. The number of benzene rings is 2. The molecule has 23 heavy (non-hydrogen) atoms. The summed E-state index contributed by atoms with van der Waals surface area (Å²) in [6, 6.07) is 13.5. The van der Waals surface area contributed by atoms with Crippen molar-refractivity contribution in [2.75, 3.05) is 6.61 Å². The molecule has 116 valence electrons. The fourth-order valence-corrected chi connectivity index (χ4v) is 2.10. The number of hydrogen-bond donors (Lipinski definition) is 1. The summed E-state index contributed by atoms with van der Waals surface area (Å²) in [5.74, 6) is 0.151. The first-order chi connectivity index (χ1) is 11.2. The van der Waals surface area contributed by atoms with Crippen LogP contribution in [0.4, 0.5) is 4.39 Å². The summed E-state index contributed by atoms with van der Waals surface area (Å²) < 4.78 is 23.5. The van der Waals surface area contributed by atoms with Crippen molar-refractivity contribution in [3.8, 4) is 5.75 Å². The molecule has 1 aromatic heterocycles. The average molecular weight is 313 g/mol. The first-order valence-corrected chi connectivity index (χ1v) is 6.79. The molecule has 0 saturated carbocycles. The van der Waals surface area contributed by atoms with E-state index >= 15 is 0 Å². The lowest BCUT2D eigenvalue weighted by Gasteiger charge is -2.08. The molecule has 0 aliphatic heterocycles. The maximum absolute atomic E-state index is 12.9. The molecule has 0 saturated heterocycles. The van der Waals surface area contributed by atoms with Gasteiger partial charge in [-0.1, -0.05) is 5.16 Å². The molecular weight excluding hydrogens is 301 g/mol. The topological polar surface area (TPSA) is 72.0 Å². The Morgan fingerprint density at radius 2 is 1.91 bits per heavy atom. The quantitative estimate of drug-likeness (QED) is 0.347. The van der Waals surface area contributed by atoms with Gasteiger partial charge in [0.05, 0.1) is 0 Å². The fourth-order valence-electron chi connectivity index (χ4n) is 2.10. The summed E-state index contributed by atoms with van der Waals surface area (Å²) >= 11 is 0. The predicted octanol–water partition coefficient (Wildman–Crippen LogP) is 3.19. The Morgan fingerprint density at radius 1 is 1.13 bits per heavy atom. The van der Waals surface area contributed by atoms with Crippen LogP contribution in [0.5, 0.6) is 5.75 Å². The molecule has 1 N–H and O–H groups in total. The molecule has 0 spiro atoms. The lowest BCUT2D eigenvalue weighted by molar-refractivity contribution is 0.308. The van der Waals surface area contributed by atoms with E-state index in [1.54, 1.807) is 24.3 Å². The number of oxime groups is 1. The molecule has 2 aromatic carbocycles. The van der Waals surface area contributed by atoms with Gasteiger partial charge in [0.25, 0.3) is 0 Å². The van der Waals surface area contributed by atoms with Crippen LogP contribution in [0, 0.1) is 5.82 Å². The van der Waals surface area contributed by atoms with Crippen LogP contribution < -0.4 is 10.4 Å². The smallest absolute Gasteiger partial charge is 0.336 e. The second kappa shape index (κ2) is 6.31. The molecule has 0 aliphatic rings. The van der Waals surface area contributed by atoms with Gasteiger partial charge in [0, 0.05) is 17.0 Å². The standard InChI is InChI=1S/C17H12FNO4/c18-13-4-1-11(2-5-13)15(19-21)10-22-14-6-7-16-12(9-14)3-8-17(20)23-16/h1-9,21H,10H2/b19-15+. The first kappa shape index (κ1) is 14.8. The van der Waals surface area contributed by atoms with Crippen LogP contribution in [0.1, 0.15) is 5.56 Å². The second-order valence-corrected chi connectivity index (χ2v) is 4.80. The zero-order valence-electron chi connectivity index (χ0n) is 11.9. The summed E-state index contributed by atoms with van der Waals surface area (Å²) in [5.41, 5.74) is 0.863. The van der Waals surface area contributed by atoms with Gasteiger partial charge < -0.3 is 14.4 Å². The first-order valence-electron chi connectivity index (χ1n) is 6.79. The van der Waals surface area contributed by atoms with Crippen molar-refractivity contribution in [1.82, 2.24) is 0 Å². The van der Waals surface area contributed by atoms with E-state index in [4.69, 9.17) is 14.4 Å². The number of ether oxygens (including phenoxy) is 1. The van der Waals surface area contributed by atoms with E-state index in [2.05, 4.69) is 5.16 Å². The maximum atomic E-state index is 12.9. The molecule has 5 nitrogen and oxygen atoms in total. The van der Waals surface area contributed by atoms with Crippen molar-refractivity contribution in [1.29, 1.82) is 0 Å². The highest BCUT2D eigenvalue weighted by Gasteiger charge is 2.07. The fraction of sp³-hybridized carbons (Fsp3) is 0.0588. The predicted molar refractivity (Wildman–Crippen MR) is 82.7 cm³/mol. The summed E-state index contributed by atoms with van der Waals surface area (Å²) in [7, 11) is 0. The third-order valence-corrected chi connectivity index (χ3v) is 3.26. The van der Waals surface area contributed by atoms with Crippen LogP contribution in [-0.4, -0.2) is 17.5 Å². The van der Waals surface area contributed by atoms with Crippen LogP contribution in [0.25, 0.3) is 11.0 Å². The summed E-state index contributed by atoms with van der Waals surface area (Å²) in [6.45, 7) is 0.00439. The second-order valence-electron chi connectivity index (χ2n) is 4.80. The lowest BCUT2D eigenvalue weighted by atomic mass is 10.1. The van der Waals surface area contributed by atoms with Crippen LogP contribution in [0.2, 0.25) is 0 Å². The highest BCUT2D eigenvalue weighted by atomic mass is 19.1. The van der Waals surface area contributed by atoms with Crippen LogP contribution in [0.3, 0.4) is 0 Å². The highest BCUT2D eigenvalue weighted by molar-refractivity contribution is 6.01. The van der Waals surface area contributed by atoms with Crippen molar-refractivity contribution in [3.63, 3.8) is 0 Å². The minimum atomic E-state index is -0.419. The Balaban J connectivity index is 1.77. The van der Waals surface area contributed by atoms with E-state index in [-0.39, 0.29) is 18.1 Å². The Morgan fingerprint density at radius 3 is 2.65 bits per heavy atom. The van der Waals surface area contributed by atoms with Crippen molar-refractivity contribution in [2.45, 2.75) is 0 Å². The zero-order chi connectivity index (χ0) is 16.2. The van der Waals surface area contributed by atoms with Gasteiger partial charge in [-0.3, -0.25) is 0 Å². The molecule has 0 fully saturated rings. The number of rotatable bonds is 4. The molecule has 0 aliphatic carbocycles. The van der Waals surface area contributed by atoms with E-state index < -0.39 is 5.63 Å². The van der Waals surface area contributed by atoms with E-state index in [1.807, 2.05) is 0 Å². The van der Waals surface area contributed by atoms with Crippen molar-refractivity contribution in [3.05, 3.63) is 76.4 Å². The highest BCUT2D eigenvalue weighted by Crippen LogP contribution is 2.19. The maximum Gasteiger partial charge on any atom is 0.336 e. The molecule has 6 heteroatoms. The summed E-state index contributed by atoms with van der Waals surface area (Å²) in [4.78, 5) is 11.1. The molecule has 1 heterocycles. The molecule has 0 atom stereocenters. The molecule has 3 rings (SSSR count). The molecule has 0 radical (unpaired) electrons. The Bertz CT molecular complexity index is 916. The molecule has 0 amide bonds. The number of hydrogen-bond acceptors (Lipinski definition) is 5. The van der Waals surface area contributed by atoms with Crippen LogP contribution >= 0.6 is 0 Å². The van der Waals surface area contributed by atoms with E-state index in [0.717, 1.165) is 0 Å². The van der Waals surface area contributed by atoms with Gasteiger partial charge in [-0.15, -0.1) is 0 Å². The minimum Gasteiger partial charge on any atom is -0.487 e. The van der Waals surface area contributed by atoms with Crippen molar-refractivity contribution in [2.24, 2.45) is 5.16 Å². The van der Waals surface area contributed by atoms with Crippen molar-refractivity contribution < 1.29 is 18.8 Å². The van der Waals surface area contributed by atoms with Gasteiger partial charge in [0.1, 0.15) is 29.5 Å². The minimum absolute atomic E-state index is 0.00439.